The lowest BCUT2D eigenvalue weighted by Gasteiger charge is -2.33. The van der Waals surface area contributed by atoms with Crippen LogP contribution in [-0.4, -0.2) is 39.6 Å². The van der Waals surface area contributed by atoms with Crippen molar-refractivity contribution < 1.29 is 4.79 Å². The number of aromatic nitrogens is 2. The van der Waals surface area contributed by atoms with E-state index in [-0.39, 0.29) is 5.91 Å². The van der Waals surface area contributed by atoms with E-state index >= 15 is 0 Å². The van der Waals surface area contributed by atoms with Crippen LogP contribution in [0.2, 0.25) is 0 Å². The van der Waals surface area contributed by atoms with Gasteiger partial charge in [0.2, 0.25) is 5.91 Å². The fraction of sp³-hybridized carbons (Fsp3) is 0.486. The van der Waals surface area contributed by atoms with Gasteiger partial charge < -0.3 is 10.3 Å². The zero-order valence-corrected chi connectivity index (χ0v) is 25.7. The van der Waals surface area contributed by atoms with Crippen molar-refractivity contribution in [2.24, 2.45) is 5.92 Å². The van der Waals surface area contributed by atoms with Gasteiger partial charge in [-0.25, -0.2) is 0 Å². The van der Waals surface area contributed by atoms with Gasteiger partial charge >= 0.3 is 0 Å². The van der Waals surface area contributed by atoms with Crippen molar-refractivity contribution in [2.75, 3.05) is 13.1 Å². The summed E-state index contributed by atoms with van der Waals surface area (Å²) in [5.74, 6) is 0.942. The predicted octanol–water partition coefficient (Wildman–Crippen LogP) is 8.27. The minimum absolute atomic E-state index is 0.135. The lowest BCUT2D eigenvalue weighted by molar-refractivity contribution is -0.131. The third-order valence-corrected chi connectivity index (χ3v) is 8.08. The largest absolute Gasteiger partial charge is 0.342 e. The summed E-state index contributed by atoms with van der Waals surface area (Å²) < 4.78 is 0. The Balaban J connectivity index is 1.90. The summed E-state index contributed by atoms with van der Waals surface area (Å²) >= 11 is 0. The molecule has 214 valence electrons. The van der Waals surface area contributed by atoms with E-state index in [9.17, 15) is 4.79 Å². The molecule has 40 heavy (non-hydrogen) atoms. The summed E-state index contributed by atoms with van der Waals surface area (Å²) in [4.78, 5) is 23.2. The molecular weight excluding hydrogens is 492 g/mol. The Morgan fingerprint density at radius 2 is 1.90 bits per heavy atom. The normalized spacial score (nSPS) is 15.8. The summed E-state index contributed by atoms with van der Waals surface area (Å²) in [5.41, 5.74) is 10.5. The van der Waals surface area contributed by atoms with Gasteiger partial charge in [-0.1, -0.05) is 64.5 Å². The van der Waals surface area contributed by atoms with E-state index in [1.54, 1.807) is 18.6 Å². The minimum Gasteiger partial charge on any atom is -0.342 e. The highest BCUT2D eigenvalue weighted by atomic mass is 16.2. The molecule has 2 aromatic rings. The highest BCUT2D eigenvalue weighted by Crippen LogP contribution is 2.38. The molecule has 5 nitrogen and oxygen atoms in total. The third kappa shape index (κ3) is 7.87. The Morgan fingerprint density at radius 1 is 1.18 bits per heavy atom. The molecule has 5 heteroatoms. The first-order valence-corrected chi connectivity index (χ1v) is 15.0. The molecule has 0 radical (unpaired) electrons. The first-order chi connectivity index (χ1) is 19.2. The van der Waals surface area contributed by atoms with Crippen LogP contribution in [-0.2, 0) is 11.2 Å². The number of hydrogen-bond acceptors (Lipinski definition) is 4. The fourth-order valence-corrected chi connectivity index (χ4v) is 5.78. The molecule has 1 N–H and O–H groups in total. The average molecular weight is 541 g/mol. The molecule has 0 bridgehead atoms. The van der Waals surface area contributed by atoms with Crippen LogP contribution in [0.25, 0.3) is 5.57 Å². The number of carbonyl (C=O) groups is 1. The van der Waals surface area contributed by atoms with Gasteiger partial charge in [0.1, 0.15) is 0 Å². The van der Waals surface area contributed by atoms with E-state index in [2.05, 4.69) is 81.9 Å². The van der Waals surface area contributed by atoms with Gasteiger partial charge in [0.15, 0.2) is 0 Å². The highest BCUT2D eigenvalue weighted by Gasteiger charge is 2.25. The Kier molecular flexibility index (Phi) is 11.6. The number of nitrogens with one attached hydrogen (secondary N) is 1. The van der Waals surface area contributed by atoms with Crippen LogP contribution in [0.4, 0.5) is 0 Å². The number of aryl methyl sites for hydroxylation is 1. The van der Waals surface area contributed by atoms with Crippen molar-refractivity contribution >= 4 is 17.2 Å². The van der Waals surface area contributed by atoms with Crippen LogP contribution >= 0.6 is 0 Å². The number of allylic oxidation sites excluding steroid dienone is 6. The molecule has 2 heterocycles. The Hall–Kier alpha value is -3.34. The molecule has 1 aromatic heterocycles. The number of hydrogen-bond donors (Lipinski definition) is 1. The van der Waals surface area contributed by atoms with E-state index in [0.717, 1.165) is 56.5 Å². The topological polar surface area (TPSA) is 69.9 Å². The van der Waals surface area contributed by atoms with E-state index in [1.165, 1.54) is 33.4 Å². The molecular formula is C35H48N4O. The summed E-state index contributed by atoms with van der Waals surface area (Å²) in [5, 5.41) is 8.34. The molecule has 0 saturated carbocycles. The lowest BCUT2D eigenvalue weighted by Crippen LogP contribution is -2.38. The second-order valence-electron chi connectivity index (χ2n) is 11.3. The maximum absolute atomic E-state index is 12.9. The highest BCUT2D eigenvalue weighted by molar-refractivity contribution is 5.97. The fourth-order valence-electron chi connectivity index (χ4n) is 5.78. The van der Waals surface area contributed by atoms with Crippen LogP contribution < -0.4 is 0 Å². The molecule has 1 saturated heterocycles. The second kappa shape index (κ2) is 14.9. The monoisotopic (exact) mass is 540 g/mol. The van der Waals surface area contributed by atoms with E-state index in [1.807, 2.05) is 11.8 Å². The molecule has 1 aliphatic rings. The van der Waals surface area contributed by atoms with Gasteiger partial charge in [-0.2, -0.15) is 0 Å². The molecule has 1 fully saturated rings. The zero-order valence-electron chi connectivity index (χ0n) is 25.7. The first kappa shape index (κ1) is 31.2. The number of benzene rings is 1. The Morgan fingerprint density at radius 3 is 2.48 bits per heavy atom. The maximum atomic E-state index is 12.9. The van der Waals surface area contributed by atoms with E-state index in [0.29, 0.717) is 24.0 Å². The van der Waals surface area contributed by atoms with Crippen LogP contribution in [0.1, 0.15) is 102 Å². The van der Waals surface area contributed by atoms with Crippen molar-refractivity contribution in [1.29, 1.82) is 5.41 Å². The molecule has 0 unspecified atom stereocenters. The van der Waals surface area contributed by atoms with Gasteiger partial charge in [0, 0.05) is 37.4 Å². The van der Waals surface area contributed by atoms with Crippen molar-refractivity contribution in [1.82, 2.24) is 14.9 Å². The number of nitrogens with zero attached hydrogens (tertiary/aromatic N) is 3. The van der Waals surface area contributed by atoms with Crippen molar-refractivity contribution in [3.63, 3.8) is 0 Å². The summed E-state index contributed by atoms with van der Waals surface area (Å²) in [6, 6.07) is 7.01. The van der Waals surface area contributed by atoms with Crippen LogP contribution in [0.5, 0.6) is 0 Å². The molecule has 0 spiro atoms. The average Bonchev–Trinajstić information content (AvgIpc) is 2.96. The number of piperidine rings is 1. The van der Waals surface area contributed by atoms with Crippen LogP contribution in [0, 0.1) is 18.3 Å². The smallest absolute Gasteiger partial charge is 0.228 e. The lowest BCUT2D eigenvalue weighted by atomic mass is 9.80. The van der Waals surface area contributed by atoms with Gasteiger partial charge in [0.25, 0.3) is 0 Å². The molecule has 1 aromatic carbocycles. The summed E-state index contributed by atoms with van der Waals surface area (Å²) in [7, 11) is 0. The predicted molar refractivity (Wildman–Crippen MR) is 168 cm³/mol. The maximum Gasteiger partial charge on any atom is 0.228 e. The van der Waals surface area contributed by atoms with Gasteiger partial charge in [-0.05, 0) is 97.3 Å². The Labute approximate surface area is 242 Å². The molecule has 1 aliphatic heterocycles. The quantitative estimate of drug-likeness (QED) is 0.230. The van der Waals surface area contributed by atoms with Gasteiger partial charge in [0.05, 0.1) is 12.1 Å². The molecule has 3 rings (SSSR count). The molecule has 0 atom stereocenters. The molecule has 0 aliphatic carbocycles. The Bertz CT molecular complexity index is 1260. The van der Waals surface area contributed by atoms with Crippen LogP contribution in [0.15, 0.2) is 65.7 Å². The number of likely N-dealkylation sites (tertiary alicyclic amines) is 1. The van der Waals surface area contributed by atoms with Crippen molar-refractivity contribution in [3.05, 3.63) is 88.0 Å². The first-order valence-electron chi connectivity index (χ1n) is 15.0. The van der Waals surface area contributed by atoms with E-state index < -0.39 is 0 Å². The van der Waals surface area contributed by atoms with E-state index in [4.69, 9.17) is 5.41 Å². The minimum atomic E-state index is 0.135. The summed E-state index contributed by atoms with van der Waals surface area (Å²) in [6.07, 6.45) is 14.5. The van der Waals surface area contributed by atoms with Crippen LogP contribution in [0.3, 0.4) is 0 Å². The third-order valence-electron chi connectivity index (χ3n) is 8.08. The van der Waals surface area contributed by atoms with Crippen molar-refractivity contribution in [2.45, 2.75) is 92.9 Å². The van der Waals surface area contributed by atoms with Gasteiger partial charge in [-0.3, -0.25) is 14.8 Å². The van der Waals surface area contributed by atoms with Crippen molar-refractivity contribution in [3.8, 4) is 0 Å². The standard InChI is InChI=1S/C35H48N4O/c1-8-11-31(27(9-2)20-26(7)33(36)10-3)35(24(4)5)32-21-29(13-12-25(32)6)28-14-18-39(19-15-28)34(40)22-30-23-37-16-17-38-30/h9,12-13,16-17,20-21,23-24,28,36H,8,10-11,14-15,18-19,22H2,1-7H3/b26-20-,27-9+,35-31+,36-33?. The number of carbonyl (C=O) groups excluding carboxylic acids is 1. The number of amides is 1. The molecule has 1 amide bonds. The SMILES string of the molecule is C/C=C(\C=C(\C)C(=N)CC)C(/CCC)=C(/c1cc(C2CCN(C(=O)Cc3cnccn3)CC2)ccc1C)C(C)C. The second-order valence-corrected chi connectivity index (χ2v) is 11.3. The van der Waals surface area contributed by atoms with Gasteiger partial charge in [-0.15, -0.1) is 0 Å². The zero-order chi connectivity index (χ0) is 29.2. The summed E-state index contributed by atoms with van der Waals surface area (Å²) in [6.45, 7) is 16.8. The number of rotatable bonds is 11.